The van der Waals surface area contributed by atoms with E-state index in [1.54, 1.807) is 13.1 Å². The van der Waals surface area contributed by atoms with Gasteiger partial charge in [-0.25, -0.2) is 22.9 Å². The van der Waals surface area contributed by atoms with Crippen LogP contribution in [0.25, 0.3) is 0 Å². The number of fused-ring (bicyclic) bond motifs is 3. The summed E-state index contributed by atoms with van der Waals surface area (Å²) in [7, 11) is -2.51. The molecule has 1 saturated heterocycles. The number of hydrogen-bond acceptors (Lipinski definition) is 9. The van der Waals surface area contributed by atoms with Gasteiger partial charge in [0, 0.05) is 18.9 Å². The molecule has 2 bridgehead atoms. The van der Waals surface area contributed by atoms with E-state index in [9.17, 15) is 22.8 Å². The van der Waals surface area contributed by atoms with Crippen LogP contribution < -0.4 is 14.4 Å². The molecule has 2 saturated carbocycles. The van der Waals surface area contributed by atoms with Gasteiger partial charge in [0.15, 0.2) is 6.61 Å². The molecule has 2 aliphatic heterocycles. The second-order valence-electron chi connectivity index (χ2n) is 10.1. The number of rotatable bonds is 6. The van der Waals surface area contributed by atoms with Crippen LogP contribution in [0.5, 0.6) is 5.75 Å². The largest absolute Gasteiger partial charge is 0.484 e. The minimum absolute atomic E-state index is 0.0442. The summed E-state index contributed by atoms with van der Waals surface area (Å²) in [6.45, 7) is -0.750. The number of carbonyl (C=O) groups is 3. The van der Waals surface area contributed by atoms with Gasteiger partial charge in [0.2, 0.25) is 0 Å². The molecule has 4 aliphatic rings. The number of carbonyl (C=O) groups excluding carboxylic acids is 3. The number of aryl methyl sites for hydroxylation is 1. The van der Waals surface area contributed by atoms with Crippen LogP contribution in [-0.2, 0) is 31.3 Å². The summed E-state index contributed by atoms with van der Waals surface area (Å²) in [5.74, 6) is 0.704. The third-order valence-corrected chi connectivity index (χ3v) is 9.30. The average molecular weight is 546 g/mol. The van der Waals surface area contributed by atoms with E-state index >= 15 is 0 Å². The van der Waals surface area contributed by atoms with Crippen molar-refractivity contribution in [3.8, 4) is 5.75 Å². The molecule has 2 aliphatic carbocycles. The van der Waals surface area contributed by atoms with Crippen molar-refractivity contribution >= 4 is 39.5 Å². The second kappa shape index (κ2) is 9.19. The number of hydrogen-bond donors (Lipinski definition) is 1. The van der Waals surface area contributed by atoms with Gasteiger partial charge in [0.25, 0.3) is 15.9 Å². The first-order valence-electron chi connectivity index (χ1n) is 12.4. The maximum Gasteiger partial charge on any atom is 0.417 e. The van der Waals surface area contributed by atoms with Gasteiger partial charge in [-0.2, -0.15) is 5.10 Å². The number of nitrogens with zero attached hydrogens (tertiary/aromatic N) is 4. The number of amides is 3. The van der Waals surface area contributed by atoms with E-state index in [4.69, 9.17) is 14.2 Å². The monoisotopic (exact) mass is 545 g/mol. The van der Waals surface area contributed by atoms with E-state index < -0.39 is 34.2 Å². The zero-order valence-corrected chi connectivity index (χ0v) is 21.4. The lowest BCUT2D eigenvalue weighted by Gasteiger charge is -2.36. The smallest absolute Gasteiger partial charge is 0.417 e. The van der Waals surface area contributed by atoms with Gasteiger partial charge >= 0.3 is 12.2 Å². The van der Waals surface area contributed by atoms with Crippen molar-refractivity contribution in [2.75, 3.05) is 29.3 Å². The first-order valence-corrected chi connectivity index (χ1v) is 13.9. The number of nitrogens with one attached hydrogen (secondary N) is 1. The Morgan fingerprint density at radius 3 is 2.74 bits per heavy atom. The first-order chi connectivity index (χ1) is 18.2. The number of anilines is 2. The number of aromatic nitrogens is 2. The Morgan fingerprint density at radius 1 is 1.24 bits per heavy atom. The normalized spacial score (nSPS) is 26.2. The summed E-state index contributed by atoms with van der Waals surface area (Å²) in [6.07, 6.45) is 4.48. The summed E-state index contributed by atoms with van der Waals surface area (Å²) in [4.78, 5) is 37.5. The molecule has 1 N–H and O–H groups in total. The van der Waals surface area contributed by atoms with Crippen LogP contribution in [0.15, 0.2) is 35.5 Å². The lowest BCUT2D eigenvalue weighted by Crippen LogP contribution is -2.49. The number of benzene rings is 1. The van der Waals surface area contributed by atoms with Gasteiger partial charge in [-0.15, -0.1) is 0 Å². The van der Waals surface area contributed by atoms with Crippen LogP contribution in [-0.4, -0.2) is 73.1 Å². The van der Waals surface area contributed by atoms with Gasteiger partial charge < -0.3 is 14.2 Å². The molecule has 4 atom stereocenters. The van der Waals surface area contributed by atoms with Crippen LogP contribution in [0.1, 0.15) is 25.7 Å². The van der Waals surface area contributed by atoms with Crippen molar-refractivity contribution < 1.29 is 37.0 Å². The highest BCUT2D eigenvalue weighted by molar-refractivity contribution is 7.92. The Hall–Kier alpha value is -3.81. The van der Waals surface area contributed by atoms with E-state index in [1.165, 1.54) is 35.6 Å². The molecule has 6 rings (SSSR count). The van der Waals surface area contributed by atoms with Crippen LogP contribution in [0.4, 0.5) is 21.0 Å². The zero-order chi connectivity index (χ0) is 26.6. The molecular weight excluding hydrogens is 518 g/mol. The van der Waals surface area contributed by atoms with Gasteiger partial charge in [0.05, 0.1) is 25.0 Å². The fourth-order valence-electron chi connectivity index (χ4n) is 5.75. The Bertz CT molecular complexity index is 1390. The molecule has 3 fully saturated rings. The van der Waals surface area contributed by atoms with Crippen LogP contribution >= 0.6 is 0 Å². The summed E-state index contributed by atoms with van der Waals surface area (Å²) in [5.41, 5.74) is 0.529. The van der Waals surface area contributed by atoms with E-state index in [2.05, 4.69) is 10.4 Å². The molecule has 202 valence electrons. The van der Waals surface area contributed by atoms with Gasteiger partial charge in [-0.3, -0.25) is 19.1 Å². The van der Waals surface area contributed by atoms with Crippen molar-refractivity contribution in [1.29, 1.82) is 0 Å². The number of imide groups is 1. The van der Waals surface area contributed by atoms with Crippen molar-refractivity contribution in [2.24, 2.45) is 18.9 Å². The van der Waals surface area contributed by atoms with Crippen LogP contribution in [0, 0.1) is 11.8 Å². The molecule has 1 unspecified atom stereocenters. The summed E-state index contributed by atoms with van der Waals surface area (Å²) in [6, 6.07) is 4.61. The highest BCUT2D eigenvalue weighted by atomic mass is 32.2. The quantitative estimate of drug-likeness (QED) is 0.576. The van der Waals surface area contributed by atoms with Crippen molar-refractivity contribution in [3.05, 3.63) is 30.6 Å². The molecule has 3 heterocycles. The zero-order valence-electron chi connectivity index (χ0n) is 20.6. The summed E-state index contributed by atoms with van der Waals surface area (Å²) >= 11 is 0. The molecule has 3 amide bonds. The second-order valence-corrected chi connectivity index (χ2v) is 12.0. The third-order valence-electron chi connectivity index (χ3n) is 7.56. The van der Waals surface area contributed by atoms with Crippen molar-refractivity contribution in [3.63, 3.8) is 0 Å². The Balaban J connectivity index is 1.26. The maximum absolute atomic E-state index is 13.6. The molecule has 1 aromatic carbocycles. The van der Waals surface area contributed by atoms with Crippen LogP contribution in [0.3, 0.4) is 0 Å². The number of sulfonamides is 1. The summed E-state index contributed by atoms with van der Waals surface area (Å²) in [5, 5.41) is 6.68. The maximum atomic E-state index is 13.6. The molecule has 14 heteroatoms. The number of cyclic esters (lactones) is 1. The topological polar surface area (TPSA) is 149 Å². The average Bonchev–Trinajstić information content (AvgIpc) is 3.67. The molecule has 0 spiro atoms. The Morgan fingerprint density at radius 2 is 2.08 bits per heavy atom. The Kier molecular flexibility index (Phi) is 5.93. The van der Waals surface area contributed by atoms with Crippen molar-refractivity contribution in [1.82, 2.24) is 14.7 Å². The van der Waals surface area contributed by atoms with E-state index in [-0.39, 0.29) is 42.1 Å². The van der Waals surface area contributed by atoms with Crippen molar-refractivity contribution in [2.45, 2.75) is 42.8 Å². The molecule has 1 aromatic heterocycles. The predicted octanol–water partition coefficient (Wildman–Crippen LogP) is 2.09. The minimum atomic E-state index is -4.11. The molecule has 13 nitrogen and oxygen atoms in total. The lowest BCUT2D eigenvalue weighted by molar-refractivity contribution is -0.126. The van der Waals surface area contributed by atoms with Gasteiger partial charge in [0.1, 0.15) is 22.9 Å². The minimum Gasteiger partial charge on any atom is -0.484 e. The van der Waals surface area contributed by atoms with E-state index in [0.717, 1.165) is 28.5 Å². The van der Waals surface area contributed by atoms with Gasteiger partial charge in [-0.1, -0.05) is 0 Å². The van der Waals surface area contributed by atoms with Crippen LogP contribution in [0.2, 0.25) is 0 Å². The predicted molar refractivity (Wildman–Crippen MR) is 131 cm³/mol. The van der Waals surface area contributed by atoms with E-state index in [1.807, 2.05) is 0 Å². The highest BCUT2D eigenvalue weighted by Gasteiger charge is 2.42. The molecular formula is C24H27N5O8S. The SMILES string of the molecule is Cn1cc(S(=O)(=O)N2C[C@H](CN3C(=O)COC3=O)Oc3ccc(NC(=O)OC4C[C@@H]5CC[C@H]4C5)cc32)cn1. The third kappa shape index (κ3) is 4.42. The highest BCUT2D eigenvalue weighted by Crippen LogP contribution is 2.46. The first kappa shape index (κ1) is 24.5. The van der Waals surface area contributed by atoms with E-state index in [0.29, 0.717) is 17.5 Å². The summed E-state index contributed by atoms with van der Waals surface area (Å²) < 4.78 is 46.2. The molecule has 2 aromatic rings. The fraction of sp³-hybridized carbons (Fsp3) is 0.500. The fourth-order valence-corrected chi connectivity index (χ4v) is 7.23. The number of ether oxygens (including phenoxy) is 3. The molecule has 38 heavy (non-hydrogen) atoms. The standard InChI is InChI=1S/C24H27N5O8S/c1-27-12-18(9-25-27)38(33,34)29-11-17(10-28-22(30)13-35-24(28)32)36-20-5-4-16(8-19(20)29)26-23(31)37-21-7-14-2-3-15(21)6-14/h4-5,8-9,12,14-15,17,21H,2-3,6-7,10-11,13H2,1H3,(H,26,31)/t14-,15+,17+,21?/m1/s1. The lowest BCUT2D eigenvalue weighted by atomic mass is 9.98. The molecule has 0 radical (unpaired) electrons. The van der Waals surface area contributed by atoms with Gasteiger partial charge in [-0.05, 0) is 55.7 Å². The Labute approximate surface area is 218 Å².